The SMILES string of the molecule is CC(C)(C)OC(=O)N1CCC(C2=C(C(=O)O)CNCC2)CC1. The van der Waals surface area contributed by atoms with Crippen LogP contribution in [0.3, 0.4) is 0 Å². The molecule has 0 unspecified atom stereocenters. The van der Waals surface area contributed by atoms with E-state index < -0.39 is 11.6 Å². The van der Waals surface area contributed by atoms with Gasteiger partial charge in [0.25, 0.3) is 0 Å². The van der Waals surface area contributed by atoms with Gasteiger partial charge in [0.15, 0.2) is 0 Å². The van der Waals surface area contributed by atoms with E-state index in [2.05, 4.69) is 5.32 Å². The molecule has 0 aromatic carbocycles. The standard InChI is InChI=1S/C16H26N2O4/c1-16(2,3)22-15(21)18-8-5-11(6-9-18)12-4-7-17-10-13(12)14(19)20/h11,17H,4-10H2,1-3H3,(H,19,20). The van der Waals surface area contributed by atoms with Gasteiger partial charge < -0.3 is 20.1 Å². The Morgan fingerprint density at radius 1 is 1.27 bits per heavy atom. The van der Waals surface area contributed by atoms with Crippen LogP contribution < -0.4 is 5.32 Å². The van der Waals surface area contributed by atoms with Crippen LogP contribution in [0.4, 0.5) is 4.79 Å². The summed E-state index contributed by atoms with van der Waals surface area (Å²) in [5.41, 5.74) is 1.10. The highest BCUT2D eigenvalue weighted by Gasteiger charge is 2.31. The van der Waals surface area contributed by atoms with E-state index in [0.717, 1.165) is 31.4 Å². The lowest BCUT2D eigenvalue weighted by atomic mass is 9.83. The summed E-state index contributed by atoms with van der Waals surface area (Å²) in [5, 5.41) is 12.4. The van der Waals surface area contributed by atoms with Gasteiger partial charge in [-0.1, -0.05) is 5.57 Å². The third-order valence-corrected chi connectivity index (χ3v) is 4.16. The number of piperidine rings is 1. The Labute approximate surface area is 131 Å². The van der Waals surface area contributed by atoms with Crippen LogP contribution in [-0.2, 0) is 9.53 Å². The third kappa shape index (κ3) is 4.22. The molecule has 0 aliphatic carbocycles. The van der Waals surface area contributed by atoms with Crippen molar-refractivity contribution in [2.24, 2.45) is 5.92 Å². The number of carbonyl (C=O) groups is 2. The van der Waals surface area contributed by atoms with Gasteiger partial charge in [-0.25, -0.2) is 9.59 Å². The number of aliphatic carboxylic acids is 1. The summed E-state index contributed by atoms with van der Waals surface area (Å²) in [6, 6.07) is 0. The molecule has 0 aromatic heterocycles. The molecule has 6 nitrogen and oxygen atoms in total. The van der Waals surface area contributed by atoms with Crippen molar-refractivity contribution in [1.82, 2.24) is 10.2 Å². The highest BCUT2D eigenvalue weighted by Crippen LogP contribution is 2.31. The summed E-state index contributed by atoms with van der Waals surface area (Å²) in [5.74, 6) is -0.552. The van der Waals surface area contributed by atoms with Gasteiger partial charge in [-0.15, -0.1) is 0 Å². The number of carbonyl (C=O) groups excluding carboxylic acids is 1. The molecule has 1 amide bonds. The second-order valence-corrected chi connectivity index (χ2v) is 6.98. The van der Waals surface area contributed by atoms with Crippen LogP contribution in [0.25, 0.3) is 0 Å². The van der Waals surface area contributed by atoms with Crippen molar-refractivity contribution in [1.29, 1.82) is 0 Å². The van der Waals surface area contributed by atoms with E-state index in [0.29, 0.717) is 25.2 Å². The van der Waals surface area contributed by atoms with Gasteiger partial charge in [-0.3, -0.25) is 0 Å². The second-order valence-electron chi connectivity index (χ2n) is 6.98. The summed E-state index contributed by atoms with van der Waals surface area (Å²) >= 11 is 0. The first-order valence-electron chi connectivity index (χ1n) is 7.92. The lowest BCUT2D eigenvalue weighted by Gasteiger charge is -2.35. The van der Waals surface area contributed by atoms with Crippen LogP contribution in [-0.4, -0.2) is 53.8 Å². The quantitative estimate of drug-likeness (QED) is 0.815. The molecule has 2 N–H and O–H groups in total. The summed E-state index contributed by atoms with van der Waals surface area (Å²) in [7, 11) is 0. The minimum absolute atomic E-state index is 0.270. The zero-order valence-electron chi connectivity index (χ0n) is 13.6. The summed E-state index contributed by atoms with van der Waals surface area (Å²) < 4.78 is 5.39. The van der Waals surface area contributed by atoms with E-state index >= 15 is 0 Å². The van der Waals surface area contributed by atoms with Gasteiger partial charge in [0, 0.05) is 19.6 Å². The molecule has 2 aliphatic rings. The van der Waals surface area contributed by atoms with Crippen molar-refractivity contribution in [3.05, 3.63) is 11.1 Å². The van der Waals surface area contributed by atoms with Crippen LogP contribution in [0, 0.1) is 5.92 Å². The average Bonchev–Trinajstić information content (AvgIpc) is 2.45. The van der Waals surface area contributed by atoms with E-state index in [4.69, 9.17) is 4.74 Å². The maximum atomic E-state index is 12.1. The molecule has 2 rings (SSSR count). The van der Waals surface area contributed by atoms with Gasteiger partial charge in [0.2, 0.25) is 0 Å². The maximum Gasteiger partial charge on any atom is 0.410 e. The predicted molar refractivity (Wildman–Crippen MR) is 82.7 cm³/mol. The smallest absolute Gasteiger partial charge is 0.410 e. The first-order chi connectivity index (χ1) is 10.3. The molecule has 1 fully saturated rings. The zero-order valence-corrected chi connectivity index (χ0v) is 13.6. The molecule has 2 aliphatic heterocycles. The van der Waals surface area contributed by atoms with E-state index in [1.807, 2.05) is 20.8 Å². The maximum absolute atomic E-state index is 12.1. The molecule has 0 atom stereocenters. The van der Waals surface area contributed by atoms with Crippen molar-refractivity contribution in [3.63, 3.8) is 0 Å². The largest absolute Gasteiger partial charge is 0.478 e. The lowest BCUT2D eigenvalue weighted by Crippen LogP contribution is -2.43. The monoisotopic (exact) mass is 310 g/mol. The first kappa shape index (κ1) is 16.8. The van der Waals surface area contributed by atoms with Crippen LogP contribution in [0.2, 0.25) is 0 Å². The second kappa shape index (κ2) is 6.69. The molecule has 1 saturated heterocycles. The normalized spacial score (nSPS) is 21.0. The molecule has 0 aromatic rings. The number of hydrogen-bond acceptors (Lipinski definition) is 4. The van der Waals surface area contributed by atoms with E-state index in [1.165, 1.54) is 0 Å². The fourth-order valence-corrected chi connectivity index (χ4v) is 3.10. The molecule has 124 valence electrons. The summed E-state index contributed by atoms with van der Waals surface area (Å²) in [6.07, 6.45) is 2.14. The molecular formula is C16H26N2O4. The highest BCUT2D eigenvalue weighted by molar-refractivity contribution is 5.88. The highest BCUT2D eigenvalue weighted by atomic mass is 16.6. The summed E-state index contributed by atoms with van der Waals surface area (Å²) in [6.45, 7) is 8.10. The van der Waals surface area contributed by atoms with E-state index in [9.17, 15) is 14.7 Å². The number of amides is 1. The Balaban J connectivity index is 1.97. The third-order valence-electron chi connectivity index (χ3n) is 4.16. The molecular weight excluding hydrogens is 284 g/mol. The number of carboxylic acids is 1. The van der Waals surface area contributed by atoms with Gasteiger partial charge in [0.1, 0.15) is 5.60 Å². The van der Waals surface area contributed by atoms with Crippen molar-refractivity contribution < 1.29 is 19.4 Å². The average molecular weight is 310 g/mol. The molecule has 0 saturated carbocycles. The molecule has 0 bridgehead atoms. The van der Waals surface area contributed by atoms with Crippen LogP contribution in [0.15, 0.2) is 11.1 Å². The molecule has 6 heteroatoms. The van der Waals surface area contributed by atoms with Gasteiger partial charge in [-0.05, 0) is 52.5 Å². The Kier molecular flexibility index (Phi) is 5.11. The minimum Gasteiger partial charge on any atom is -0.478 e. The van der Waals surface area contributed by atoms with Gasteiger partial charge in [-0.2, -0.15) is 0 Å². The van der Waals surface area contributed by atoms with Gasteiger partial charge >= 0.3 is 12.1 Å². The fraction of sp³-hybridized carbons (Fsp3) is 0.750. The van der Waals surface area contributed by atoms with Crippen molar-refractivity contribution >= 4 is 12.1 Å². The Hall–Kier alpha value is -1.56. The molecule has 22 heavy (non-hydrogen) atoms. The Morgan fingerprint density at radius 2 is 1.91 bits per heavy atom. The van der Waals surface area contributed by atoms with Gasteiger partial charge in [0.05, 0.1) is 5.57 Å². The number of nitrogens with zero attached hydrogens (tertiary/aromatic N) is 1. The number of rotatable bonds is 2. The fourth-order valence-electron chi connectivity index (χ4n) is 3.10. The topological polar surface area (TPSA) is 78.9 Å². The Bertz CT molecular complexity index is 471. The van der Waals surface area contributed by atoms with Crippen LogP contribution in [0.5, 0.6) is 0 Å². The summed E-state index contributed by atoms with van der Waals surface area (Å²) in [4.78, 5) is 25.1. The molecule has 0 spiro atoms. The Morgan fingerprint density at radius 3 is 2.45 bits per heavy atom. The van der Waals surface area contributed by atoms with Crippen LogP contribution >= 0.6 is 0 Å². The number of nitrogens with one attached hydrogen (secondary N) is 1. The first-order valence-corrected chi connectivity index (χ1v) is 7.92. The van der Waals surface area contributed by atoms with Crippen molar-refractivity contribution in [2.45, 2.75) is 45.6 Å². The minimum atomic E-state index is -0.822. The zero-order chi connectivity index (χ0) is 16.3. The van der Waals surface area contributed by atoms with Crippen LogP contribution in [0.1, 0.15) is 40.0 Å². The number of hydrogen-bond donors (Lipinski definition) is 2. The molecule has 0 radical (unpaired) electrons. The van der Waals surface area contributed by atoms with E-state index in [-0.39, 0.29) is 12.0 Å². The predicted octanol–water partition coefficient (Wildman–Crippen LogP) is 2.01. The van der Waals surface area contributed by atoms with Crippen molar-refractivity contribution in [3.8, 4) is 0 Å². The molecule has 2 heterocycles. The number of carboxylic acid groups (broad SMARTS) is 1. The lowest BCUT2D eigenvalue weighted by molar-refractivity contribution is -0.132. The number of ether oxygens (including phenoxy) is 1. The number of likely N-dealkylation sites (tertiary alicyclic amines) is 1. The van der Waals surface area contributed by atoms with Crippen molar-refractivity contribution in [2.75, 3.05) is 26.2 Å². The van der Waals surface area contributed by atoms with E-state index in [1.54, 1.807) is 4.90 Å².